The van der Waals surface area contributed by atoms with Gasteiger partial charge >= 0.3 is 0 Å². The van der Waals surface area contributed by atoms with Crippen LogP contribution in [0.5, 0.6) is 0 Å². The van der Waals surface area contributed by atoms with Gasteiger partial charge in [-0.15, -0.1) is 0 Å². The number of hydrogen-bond donors (Lipinski definition) is 0. The highest BCUT2D eigenvalue weighted by atomic mass is 79.9. The van der Waals surface area contributed by atoms with E-state index in [2.05, 4.69) is 30.8 Å². The average Bonchev–Trinajstić information content (AvgIpc) is 2.53. The first-order valence-corrected chi connectivity index (χ1v) is 8.13. The summed E-state index contributed by atoms with van der Waals surface area (Å²) in [6.45, 7) is 2.72. The second-order valence-electron chi connectivity index (χ2n) is 4.97. The number of para-hydroxylation sites is 1. The molecular formula is C15H18BrN3O. The van der Waals surface area contributed by atoms with Crippen molar-refractivity contribution in [3.63, 3.8) is 0 Å². The number of benzene rings is 1. The van der Waals surface area contributed by atoms with Gasteiger partial charge in [0.25, 0.3) is 0 Å². The summed E-state index contributed by atoms with van der Waals surface area (Å²) >= 11 is 3.39. The summed E-state index contributed by atoms with van der Waals surface area (Å²) in [5, 5.41) is 1.99. The monoisotopic (exact) mass is 335 g/mol. The fraction of sp³-hybridized carbons (Fsp3) is 0.467. The zero-order chi connectivity index (χ0) is 13.8. The molecule has 0 N–H and O–H groups in total. The Morgan fingerprint density at radius 3 is 2.85 bits per heavy atom. The largest absolute Gasteiger partial charge is 0.377 e. The Morgan fingerprint density at radius 1 is 1.25 bits per heavy atom. The minimum Gasteiger partial charge on any atom is -0.377 e. The van der Waals surface area contributed by atoms with Crippen molar-refractivity contribution in [2.24, 2.45) is 0 Å². The van der Waals surface area contributed by atoms with Crippen LogP contribution in [0.25, 0.3) is 10.9 Å². The lowest BCUT2D eigenvalue weighted by molar-refractivity contribution is 0.0479. The molecule has 1 saturated heterocycles. The summed E-state index contributed by atoms with van der Waals surface area (Å²) in [4.78, 5) is 11.4. The van der Waals surface area contributed by atoms with Crippen molar-refractivity contribution in [1.29, 1.82) is 0 Å². The first-order chi connectivity index (χ1) is 9.86. The van der Waals surface area contributed by atoms with E-state index in [4.69, 9.17) is 4.74 Å². The van der Waals surface area contributed by atoms with Crippen molar-refractivity contribution in [3.8, 4) is 0 Å². The molecular weight excluding hydrogens is 318 g/mol. The molecule has 0 atom stereocenters. The molecule has 1 aromatic heterocycles. The van der Waals surface area contributed by atoms with Gasteiger partial charge in [-0.05, 0) is 18.9 Å². The summed E-state index contributed by atoms with van der Waals surface area (Å²) in [5.74, 6) is 0.836. The van der Waals surface area contributed by atoms with Crippen LogP contribution in [0.3, 0.4) is 0 Å². The standard InChI is InChI=1S/C15H18BrN3O/c16-7-10-20-13-5-8-19(9-6-13)15-17-11-12-3-1-2-4-14(12)18-15/h1-4,11,13H,5-10H2. The first-order valence-electron chi connectivity index (χ1n) is 7.01. The van der Waals surface area contributed by atoms with Crippen LogP contribution in [0.4, 0.5) is 5.95 Å². The Kier molecular flexibility index (Phi) is 4.47. The van der Waals surface area contributed by atoms with Gasteiger partial charge in [0, 0.05) is 30.0 Å². The number of rotatable bonds is 4. The molecule has 0 radical (unpaired) electrons. The number of alkyl halides is 1. The van der Waals surface area contributed by atoms with Gasteiger partial charge in [-0.1, -0.05) is 34.1 Å². The summed E-state index contributed by atoms with van der Waals surface area (Å²) < 4.78 is 5.77. The molecule has 2 aromatic rings. The second-order valence-corrected chi connectivity index (χ2v) is 5.77. The number of piperidine rings is 1. The van der Waals surface area contributed by atoms with Crippen LogP contribution in [0, 0.1) is 0 Å². The van der Waals surface area contributed by atoms with Gasteiger partial charge in [-0.3, -0.25) is 0 Å². The summed E-state index contributed by atoms with van der Waals surface area (Å²) in [5.41, 5.74) is 1.01. The molecule has 0 aliphatic carbocycles. The lowest BCUT2D eigenvalue weighted by Crippen LogP contribution is -2.38. The maximum absolute atomic E-state index is 5.77. The number of anilines is 1. The van der Waals surface area contributed by atoms with Gasteiger partial charge in [0.1, 0.15) is 0 Å². The Balaban J connectivity index is 1.67. The fourth-order valence-corrected chi connectivity index (χ4v) is 2.74. The van der Waals surface area contributed by atoms with Gasteiger partial charge in [0.2, 0.25) is 5.95 Å². The van der Waals surface area contributed by atoms with Crippen LogP contribution in [0.1, 0.15) is 12.8 Å². The van der Waals surface area contributed by atoms with Crippen LogP contribution in [0.2, 0.25) is 0 Å². The van der Waals surface area contributed by atoms with Crippen molar-refractivity contribution in [1.82, 2.24) is 9.97 Å². The van der Waals surface area contributed by atoms with E-state index in [0.717, 1.165) is 54.7 Å². The molecule has 1 aromatic carbocycles. The minimum absolute atomic E-state index is 0.379. The van der Waals surface area contributed by atoms with Gasteiger partial charge < -0.3 is 9.64 Å². The zero-order valence-corrected chi connectivity index (χ0v) is 12.9. The van der Waals surface area contributed by atoms with Gasteiger partial charge in [0.05, 0.1) is 18.2 Å². The molecule has 1 fully saturated rings. The number of ether oxygens (including phenoxy) is 1. The number of aromatic nitrogens is 2. The normalized spacial score (nSPS) is 16.8. The van der Waals surface area contributed by atoms with Crippen LogP contribution in [-0.2, 0) is 4.74 Å². The summed E-state index contributed by atoms with van der Waals surface area (Å²) in [6.07, 6.45) is 4.38. The molecule has 1 aliphatic rings. The van der Waals surface area contributed by atoms with E-state index in [1.165, 1.54) is 0 Å². The maximum atomic E-state index is 5.77. The molecule has 20 heavy (non-hydrogen) atoms. The third-order valence-electron chi connectivity index (χ3n) is 3.63. The third-order valence-corrected chi connectivity index (χ3v) is 3.96. The SMILES string of the molecule is BrCCOC1CCN(c2ncc3ccccc3n2)CC1. The van der Waals surface area contributed by atoms with E-state index < -0.39 is 0 Å². The van der Waals surface area contributed by atoms with Crippen LogP contribution >= 0.6 is 15.9 Å². The molecule has 0 amide bonds. The molecule has 106 valence electrons. The van der Waals surface area contributed by atoms with Crippen molar-refractivity contribution in [2.75, 3.05) is 29.9 Å². The van der Waals surface area contributed by atoms with Crippen molar-refractivity contribution in [2.45, 2.75) is 18.9 Å². The maximum Gasteiger partial charge on any atom is 0.225 e. The van der Waals surface area contributed by atoms with Crippen LogP contribution in [0.15, 0.2) is 30.5 Å². The molecule has 2 heterocycles. The minimum atomic E-state index is 0.379. The highest BCUT2D eigenvalue weighted by Crippen LogP contribution is 2.20. The Hall–Kier alpha value is -1.20. The van der Waals surface area contributed by atoms with Gasteiger partial charge in [0.15, 0.2) is 0 Å². The predicted molar refractivity (Wildman–Crippen MR) is 84.5 cm³/mol. The average molecular weight is 336 g/mol. The molecule has 0 spiro atoms. The highest BCUT2D eigenvalue weighted by molar-refractivity contribution is 9.09. The molecule has 5 heteroatoms. The van der Waals surface area contributed by atoms with Crippen LogP contribution in [-0.4, -0.2) is 41.1 Å². The van der Waals surface area contributed by atoms with Crippen molar-refractivity contribution in [3.05, 3.63) is 30.5 Å². The lowest BCUT2D eigenvalue weighted by Gasteiger charge is -2.31. The topological polar surface area (TPSA) is 38.2 Å². The number of nitrogens with zero attached hydrogens (tertiary/aromatic N) is 3. The highest BCUT2D eigenvalue weighted by Gasteiger charge is 2.21. The molecule has 4 nitrogen and oxygen atoms in total. The van der Waals surface area contributed by atoms with Gasteiger partial charge in [-0.2, -0.15) is 0 Å². The summed E-state index contributed by atoms with van der Waals surface area (Å²) in [6, 6.07) is 8.10. The Labute approximate surface area is 127 Å². The fourth-order valence-electron chi connectivity index (χ4n) is 2.55. The molecule has 0 unspecified atom stereocenters. The van der Waals surface area contributed by atoms with Gasteiger partial charge in [-0.25, -0.2) is 9.97 Å². The molecule has 0 saturated carbocycles. The van der Waals surface area contributed by atoms with E-state index in [9.17, 15) is 0 Å². The molecule has 0 bridgehead atoms. The van der Waals surface area contributed by atoms with Crippen molar-refractivity contribution >= 4 is 32.8 Å². The Morgan fingerprint density at radius 2 is 2.05 bits per heavy atom. The first kappa shape index (κ1) is 13.8. The Bertz CT molecular complexity index is 570. The van der Waals surface area contributed by atoms with Crippen LogP contribution < -0.4 is 4.90 Å². The zero-order valence-electron chi connectivity index (χ0n) is 11.3. The molecule has 1 aliphatic heterocycles. The number of halogens is 1. The van der Waals surface area contributed by atoms with E-state index in [0.29, 0.717) is 6.10 Å². The summed E-state index contributed by atoms with van der Waals surface area (Å²) in [7, 11) is 0. The van der Waals surface area contributed by atoms with E-state index in [-0.39, 0.29) is 0 Å². The smallest absolute Gasteiger partial charge is 0.225 e. The van der Waals surface area contributed by atoms with E-state index >= 15 is 0 Å². The second kappa shape index (κ2) is 6.50. The quantitative estimate of drug-likeness (QED) is 0.805. The third kappa shape index (κ3) is 3.10. The van der Waals surface area contributed by atoms with Crippen molar-refractivity contribution < 1.29 is 4.74 Å². The lowest BCUT2D eigenvalue weighted by atomic mass is 10.1. The van der Waals surface area contributed by atoms with E-state index in [1.807, 2.05) is 30.5 Å². The predicted octanol–water partition coefficient (Wildman–Crippen LogP) is 3.01. The van der Waals surface area contributed by atoms with E-state index in [1.54, 1.807) is 0 Å². The number of fused-ring (bicyclic) bond motifs is 1. The molecule has 3 rings (SSSR count). The number of hydrogen-bond acceptors (Lipinski definition) is 4.